The number of halogens is 4. The lowest BCUT2D eigenvalue weighted by Gasteiger charge is -2.27. The highest BCUT2D eigenvalue weighted by atomic mass is 79.9. The van der Waals surface area contributed by atoms with E-state index in [0.29, 0.717) is 4.47 Å². The number of alkyl halides is 3. The van der Waals surface area contributed by atoms with E-state index in [0.717, 1.165) is 5.56 Å². The smallest absolute Gasteiger partial charge is 0.401 e. The molecule has 0 aromatic heterocycles. The van der Waals surface area contributed by atoms with E-state index in [1.807, 2.05) is 0 Å². The van der Waals surface area contributed by atoms with Crippen LogP contribution in [0.15, 0.2) is 22.7 Å². The molecule has 0 bridgehead atoms. The molecule has 0 saturated carbocycles. The molecular formula is C12H15BrF3NO. The normalized spacial score (nSPS) is 12.4. The summed E-state index contributed by atoms with van der Waals surface area (Å²) < 4.78 is 37.7. The Labute approximate surface area is 113 Å². The van der Waals surface area contributed by atoms with Gasteiger partial charge in [0.1, 0.15) is 5.75 Å². The van der Waals surface area contributed by atoms with Crippen molar-refractivity contribution in [2.75, 3.05) is 6.54 Å². The molecule has 6 heteroatoms. The van der Waals surface area contributed by atoms with E-state index in [1.54, 1.807) is 26.0 Å². The molecule has 0 aliphatic rings. The molecule has 1 N–H and O–H groups in total. The number of rotatable bonds is 4. The summed E-state index contributed by atoms with van der Waals surface area (Å²) in [5, 5.41) is 9.33. The first-order chi connectivity index (χ1) is 8.19. The third kappa shape index (κ3) is 4.86. The molecule has 0 aliphatic heterocycles. The number of nitrogens with zero attached hydrogens (tertiary/aromatic N) is 1. The van der Waals surface area contributed by atoms with Crippen molar-refractivity contribution in [3.05, 3.63) is 28.2 Å². The molecule has 0 fully saturated rings. The van der Waals surface area contributed by atoms with Gasteiger partial charge in [-0.25, -0.2) is 0 Å². The van der Waals surface area contributed by atoms with Crippen molar-refractivity contribution in [3.8, 4) is 5.75 Å². The zero-order chi connectivity index (χ0) is 13.9. The molecule has 0 amide bonds. The van der Waals surface area contributed by atoms with Crippen molar-refractivity contribution in [2.45, 2.75) is 32.6 Å². The highest BCUT2D eigenvalue weighted by Gasteiger charge is 2.31. The van der Waals surface area contributed by atoms with Crippen LogP contribution >= 0.6 is 15.9 Å². The predicted octanol–water partition coefficient (Wildman–Crippen LogP) is 3.93. The van der Waals surface area contributed by atoms with Crippen molar-refractivity contribution in [1.82, 2.24) is 4.90 Å². The van der Waals surface area contributed by atoms with E-state index in [2.05, 4.69) is 15.9 Å². The molecule has 0 atom stereocenters. The van der Waals surface area contributed by atoms with Crippen LogP contribution in [-0.2, 0) is 6.54 Å². The fraction of sp³-hybridized carbons (Fsp3) is 0.500. The molecule has 0 spiro atoms. The zero-order valence-electron chi connectivity index (χ0n) is 10.1. The van der Waals surface area contributed by atoms with Gasteiger partial charge in [-0.1, -0.05) is 6.07 Å². The van der Waals surface area contributed by atoms with Crippen LogP contribution in [0.2, 0.25) is 0 Å². The average molecular weight is 326 g/mol. The summed E-state index contributed by atoms with van der Waals surface area (Å²) >= 11 is 3.14. The van der Waals surface area contributed by atoms with Gasteiger partial charge in [0.15, 0.2) is 0 Å². The summed E-state index contributed by atoms with van der Waals surface area (Å²) in [6.45, 7) is 2.70. The second kappa shape index (κ2) is 5.93. The lowest BCUT2D eigenvalue weighted by Crippen LogP contribution is -2.38. The number of hydrogen-bond acceptors (Lipinski definition) is 2. The Morgan fingerprint density at radius 3 is 2.39 bits per heavy atom. The second-order valence-electron chi connectivity index (χ2n) is 4.40. The van der Waals surface area contributed by atoms with Crippen LogP contribution < -0.4 is 0 Å². The van der Waals surface area contributed by atoms with Crippen LogP contribution in [0.3, 0.4) is 0 Å². The summed E-state index contributed by atoms with van der Waals surface area (Å²) in [7, 11) is 0. The number of phenols is 1. The highest BCUT2D eigenvalue weighted by Crippen LogP contribution is 2.26. The summed E-state index contributed by atoms with van der Waals surface area (Å²) in [5.41, 5.74) is 0.720. The van der Waals surface area contributed by atoms with Crippen LogP contribution in [0.5, 0.6) is 5.75 Å². The van der Waals surface area contributed by atoms with Gasteiger partial charge in [0, 0.05) is 12.6 Å². The average Bonchev–Trinajstić information content (AvgIpc) is 2.20. The summed E-state index contributed by atoms with van der Waals surface area (Å²) in [6, 6.07) is 4.50. The Kier molecular flexibility index (Phi) is 5.04. The summed E-state index contributed by atoms with van der Waals surface area (Å²) in [5.74, 6) is 0.0747. The summed E-state index contributed by atoms with van der Waals surface area (Å²) in [6.07, 6.45) is -4.21. The molecule has 0 radical (unpaired) electrons. The number of hydrogen-bond donors (Lipinski definition) is 1. The SMILES string of the molecule is CC(C)N(Cc1ccc(O)c(Br)c1)CC(F)(F)F. The quantitative estimate of drug-likeness (QED) is 0.906. The largest absolute Gasteiger partial charge is 0.507 e. The minimum atomic E-state index is -4.21. The van der Waals surface area contributed by atoms with E-state index in [4.69, 9.17) is 0 Å². The number of aromatic hydroxyl groups is 1. The van der Waals surface area contributed by atoms with Crippen molar-refractivity contribution in [3.63, 3.8) is 0 Å². The van der Waals surface area contributed by atoms with Gasteiger partial charge < -0.3 is 5.11 Å². The first-order valence-corrected chi connectivity index (χ1v) is 6.26. The Morgan fingerprint density at radius 2 is 1.94 bits per heavy atom. The van der Waals surface area contributed by atoms with Crippen LogP contribution in [0.25, 0.3) is 0 Å². The zero-order valence-corrected chi connectivity index (χ0v) is 11.7. The predicted molar refractivity (Wildman–Crippen MR) is 67.4 cm³/mol. The third-order valence-electron chi connectivity index (χ3n) is 2.51. The van der Waals surface area contributed by atoms with Gasteiger partial charge in [0.05, 0.1) is 11.0 Å². The molecule has 102 valence electrons. The van der Waals surface area contributed by atoms with Crippen LogP contribution in [0.1, 0.15) is 19.4 Å². The maximum atomic E-state index is 12.4. The van der Waals surface area contributed by atoms with Gasteiger partial charge in [0.2, 0.25) is 0 Å². The van der Waals surface area contributed by atoms with Crippen LogP contribution in [0.4, 0.5) is 13.2 Å². The van der Waals surface area contributed by atoms with Crippen LogP contribution in [0, 0.1) is 0 Å². The van der Waals surface area contributed by atoms with E-state index in [-0.39, 0.29) is 18.3 Å². The molecule has 0 aliphatic carbocycles. The van der Waals surface area contributed by atoms with Gasteiger partial charge in [-0.15, -0.1) is 0 Å². The lowest BCUT2D eigenvalue weighted by molar-refractivity contribution is -0.150. The fourth-order valence-electron chi connectivity index (χ4n) is 1.53. The van der Waals surface area contributed by atoms with Gasteiger partial charge in [-0.2, -0.15) is 13.2 Å². The lowest BCUT2D eigenvalue weighted by atomic mass is 10.2. The Hall–Kier alpha value is -0.750. The summed E-state index contributed by atoms with van der Waals surface area (Å²) in [4.78, 5) is 1.33. The third-order valence-corrected chi connectivity index (χ3v) is 3.15. The second-order valence-corrected chi connectivity index (χ2v) is 5.25. The first-order valence-electron chi connectivity index (χ1n) is 5.47. The minimum Gasteiger partial charge on any atom is -0.507 e. The van der Waals surface area contributed by atoms with Crippen molar-refractivity contribution in [1.29, 1.82) is 0 Å². The van der Waals surface area contributed by atoms with Gasteiger partial charge in [-0.05, 0) is 47.5 Å². The Morgan fingerprint density at radius 1 is 1.33 bits per heavy atom. The van der Waals surface area contributed by atoms with Crippen LogP contribution in [-0.4, -0.2) is 28.8 Å². The standard InChI is InChI=1S/C12H15BrF3NO/c1-8(2)17(7-12(14,15)16)6-9-3-4-11(18)10(13)5-9/h3-5,8,18H,6-7H2,1-2H3. The van der Waals surface area contributed by atoms with Crippen molar-refractivity contribution in [2.24, 2.45) is 0 Å². The molecule has 0 unspecified atom stereocenters. The minimum absolute atomic E-state index is 0.0747. The van der Waals surface area contributed by atoms with E-state index in [1.165, 1.54) is 11.0 Å². The monoisotopic (exact) mass is 325 g/mol. The fourth-order valence-corrected chi connectivity index (χ4v) is 1.96. The Balaban J connectivity index is 2.80. The highest BCUT2D eigenvalue weighted by molar-refractivity contribution is 9.10. The molecule has 2 nitrogen and oxygen atoms in total. The topological polar surface area (TPSA) is 23.5 Å². The van der Waals surface area contributed by atoms with E-state index < -0.39 is 12.7 Å². The Bertz CT molecular complexity index is 407. The molecular weight excluding hydrogens is 311 g/mol. The molecule has 18 heavy (non-hydrogen) atoms. The van der Waals surface area contributed by atoms with Crippen molar-refractivity contribution >= 4 is 15.9 Å². The van der Waals surface area contributed by atoms with Gasteiger partial charge in [0.25, 0.3) is 0 Å². The maximum absolute atomic E-state index is 12.4. The molecule has 1 aromatic rings. The molecule has 1 aromatic carbocycles. The maximum Gasteiger partial charge on any atom is 0.401 e. The van der Waals surface area contributed by atoms with E-state index in [9.17, 15) is 18.3 Å². The molecule has 0 saturated heterocycles. The van der Waals surface area contributed by atoms with Gasteiger partial charge in [-0.3, -0.25) is 4.90 Å². The molecule has 1 rings (SSSR count). The van der Waals surface area contributed by atoms with Gasteiger partial charge >= 0.3 is 6.18 Å². The number of benzene rings is 1. The first kappa shape index (κ1) is 15.3. The molecule has 0 heterocycles. The van der Waals surface area contributed by atoms with Crippen molar-refractivity contribution < 1.29 is 18.3 Å². The van der Waals surface area contributed by atoms with E-state index >= 15 is 0 Å². The number of phenolic OH excluding ortho intramolecular Hbond substituents is 1.